The van der Waals surface area contributed by atoms with Gasteiger partial charge in [-0.15, -0.1) is 0 Å². The Labute approximate surface area is 94.6 Å². The molecule has 0 fully saturated rings. The molecule has 1 unspecified atom stereocenters. The van der Waals surface area contributed by atoms with Gasteiger partial charge in [0.25, 0.3) is 0 Å². The van der Waals surface area contributed by atoms with Gasteiger partial charge >= 0.3 is 0 Å². The van der Waals surface area contributed by atoms with Crippen LogP contribution in [0.3, 0.4) is 0 Å². The number of hydroxylamine groups is 1. The molecule has 0 heterocycles. The van der Waals surface area contributed by atoms with Crippen LogP contribution in [-0.2, 0) is 4.84 Å². The predicted octanol–water partition coefficient (Wildman–Crippen LogP) is 3.35. The Kier molecular flexibility index (Phi) is 3.99. The molecule has 1 N–H and O–H groups in total. The van der Waals surface area contributed by atoms with Crippen molar-refractivity contribution in [1.82, 2.24) is 5.48 Å². The highest BCUT2D eigenvalue weighted by Gasteiger charge is 2.14. The van der Waals surface area contributed by atoms with E-state index in [0.29, 0.717) is 5.56 Å². The van der Waals surface area contributed by atoms with Crippen molar-refractivity contribution in [2.45, 2.75) is 39.3 Å². The predicted molar refractivity (Wildman–Crippen MR) is 58.7 cm³/mol. The van der Waals surface area contributed by atoms with Crippen LogP contribution in [0.4, 0.5) is 8.78 Å². The van der Waals surface area contributed by atoms with Crippen LogP contribution in [0.15, 0.2) is 18.2 Å². The second-order valence-corrected chi connectivity index (χ2v) is 4.73. The molecule has 0 amide bonds. The Morgan fingerprint density at radius 2 is 1.81 bits per heavy atom. The summed E-state index contributed by atoms with van der Waals surface area (Å²) in [6.07, 6.45) is 0. The van der Waals surface area contributed by atoms with Crippen molar-refractivity contribution in [2.75, 3.05) is 0 Å². The topological polar surface area (TPSA) is 21.3 Å². The van der Waals surface area contributed by atoms with Crippen molar-refractivity contribution in [3.05, 3.63) is 35.4 Å². The van der Waals surface area contributed by atoms with Crippen molar-refractivity contribution >= 4 is 0 Å². The van der Waals surface area contributed by atoms with E-state index in [1.54, 1.807) is 0 Å². The van der Waals surface area contributed by atoms with Gasteiger partial charge in [0.2, 0.25) is 0 Å². The van der Waals surface area contributed by atoms with Crippen molar-refractivity contribution < 1.29 is 13.6 Å². The fourth-order valence-corrected chi connectivity index (χ4v) is 1.11. The number of nitrogens with one attached hydrogen (secondary N) is 1. The third kappa shape index (κ3) is 3.87. The molecule has 90 valence electrons. The average molecular weight is 229 g/mol. The highest BCUT2D eigenvalue weighted by Crippen LogP contribution is 2.17. The maximum atomic E-state index is 13.0. The summed E-state index contributed by atoms with van der Waals surface area (Å²) < 4.78 is 25.7. The van der Waals surface area contributed by atoms with Crippen LogP contribution < -0.4 is 5.48 Å². The summed E-state index contributed by atoms with van der Waals surface area (Å²) in [4.78, 5) is 5.35. The van der Waals surface area contributed by atoms with Gasteiger partial charge in [-0.1, -0.05) is 6.07 Å². The molecule has 1 rings (SSSR count). The lowest BCUT2D eigenvalue weighted by molar-refractivity contribution is -0.0866. The van der Waals surface area contributed by atoms with Crippen molar-refractivity contribution in [3.63, 3.8) is 0 Å². The molecule has 0 spiro atoms. The molecule has 0 radical (unpaired) electrons. The van der Waals surface area contributed by atoms with Gasteiger partial charge in [-0.2, -0.15) is 5.48 Å². The molecule has 2 nitrogen and oxygen atoms in total. The van der Waals surface area contributed by atoms with E-state index in [4.69, 9.17) is 4.84 Å². The first-order chi connectivity index (χ1) is 7.29. The summed E-state index contributed by atoms with van der Waals surface area (Å²) in [6, 6.07) is 3.61. The zero-order chi connectivity index (χ0) is 12.3. The van der Waals surface area contributed by atoms with E-state index in [-0.39, 0.29) is 11.6 Å². The van der Waals surface area contributed by atoms with Crippen molar-refractivity contribution in [1.29, 1.82) is 0 Å². The number of hydrogen-bond acceptors (Lipinski definition) is 2. The van der Waals surface area contributed by atoms with E-state index >= 15 is 0 Å². The Morgan fingerprint density at radius 1 is 1.19 bits per heavy atom. The molecule has 0 aliphatic carbocycles. The Bertz CT molecular complexity index is 361. The smallest absolute Gasteiger partial charge is 0.159 e. The van der Waals surface area contributed by atoms with E-state index in [1.165, 1.54) is 12.1 Å². The molecule has 0 aliphatic heterocycles. The third-order valence-electron chi connectivity index (χ3n) is 1.99. The minimum absolute atomic E-state index is 0.200. The highest BCUT2D eigenvalue weighted by atomic mass is 19.2. The first kappa shape index (κ1) is 13.1. The zero-order valence-corrected chi connectivity index (χ0v) is 9.97. The van der Waals surface area contributed by atoms with Gasteiger partial charge in [0.1, 0.15) is 0 Å². The van der Waals surface area contributed by atoms with Crippen LogP contribution >= 0.6 is 0 Å². The molecule has 0 aromatic heterocycles. The third-order valence-corrected chi connectivity index (χ3v) is 1.99. The van der Waals surface area contributed by atoms with Crippen LogP contribution in [0.2, 0.25) is 0 Å². The minimum Gasteiger partial charge on any atom is -0.296 e. The van der Waals surface area contributed by atoms with Crippen LogP contribution in [0.25, 0.3) is 0 Å². The van der Waals surface area contributed by atoms with E-state index in [1.807, 2.05) is 27.7 Å². The van der Waals surface area contributed by atoms with Crippen LogP contribution in [0, 0.1) is 11.6 Å². The van der Waals surface area contributed by atoms with E-state index in [2.05, 4.69) is 5.48 Å². The van der Waals surface area contributed by atoms with E-state index in [9.17, 15) is 8.78 Å². The quantitative estimate of drug-likeness (QED) is 0.802. The molecule has 1 atom stereocenters. The summed E-state index contributed by atoms with van der Waals surface area (Å²) in [5, 5.41) is 0. The fraction of sp³-hybridized carbons (Fsp3) is 0.500. The lowest BCUT2D eigenvalue weighted by Gasteiger charge is -2.23. The van der Waals surface area contributed by atoms with Crippen molar-refractivity contribution in [2.24, 2.45) is 0 Å². The SMILES string of the molecule is CC(NOC(C)(C)C)c1ccc(F)c(F)c1. The fourth-order valence-electron chi connectivity index (χ4n) is 1.11. The molecular formula is C12H17F2NO. The molecule has 16 heavy (non-hydrogen) atoms. The number of halogens is 2. The van der Waals surface area contributed by atoms with E-state index in [0.717, 1.165) is 6.07 Å². The molecule has 0 bridgehead atoms. The van der Waals surface area contributed by atoms with Gasteiger partial charge < -0.3 is 0 Å². The maximum absolute atomic E-state index is 13.0. The summed E-state index contributed by atoms with van der Waals surface area (Å²) in [5.41, 5.74) is 3.11. The second kappa shape index (κ2) is 4.89. The Hall–Kier alpha value is -1.00. The van der Waals surface area contributed by atoms with Crippen LogP contribution in [0.1, 0.15) is 39.3 Å². The zero-order valence-electron chi connectivity index (χ0n) is 9.97. The van der Waals surface area contributed by atoms with Gasteiger partial charge in [0.05, 0.1) is 11.6 Å². The average Bonchev–Trinajstić information content (AvgIpc) is 2.17. The first-order valence-electron chi connectivity index (χ1n) is 5.18. The molecule has 0 saturated heterocycles. The van der Waals surface area contributed by atoms with Gasteiger partial charge in [0.15, 0.2) is 11.6 Å². The van der Waals surface area contributed by atoms with Gasteiger partial charge in [-0.3, -0.25) is 4.84 Å². The Balaban J connectivity index is 2.66. The number of benzene rings is 1. The molecular weight excluding hydrogens is 212 g/mol. The lowest BCUT2D eigenvalue weighted by atomic mass is 10.1. The summed E-state index contributed by atoms with van der Waals surface area (Å²) in [7, 11) is 0. The molecule has 0 aliphatic rings. The lowest BCUT2D eigenvalue weighted by Crippen LogP contribution is -2.31. The first-order valence-corrected chi connectivity index (χ1v) is 5.18. The molecule has 1 aromatic carbocycles. The minimum atomic E-state index is -0.845. The standard InChI is InChI=1S/C12H17F2NO/c1-8(15-16-12(2,3)4)9-5-6-10(13)11(14)7-9/h5-8,15H,1-4H3. The largest absolute Gasteiger partial charge is 0.296 e. The highest BCUT2D eigenvalue weighted by molar-refractivity contribution is 5.20. The summed E-state index contributed by atoms with van der Waals surface area (Å²) in [6.45, 7) is 7.52. The molecule has 4 heteroatoms. The van der Waals surface area contributed by atoms with Crippen LogP contribution in [-0.4, -0.2) is 5.60 Å². The summed E-state index contributed by atoms with van der Waals surface area (Å²) in [5.74, 6) is -1.69. The molecule has 1 aromatic rings. The number of rotatable bonds is 3. The molecule has 0 saturated carbocycles. The Morgan fingerprint density at radius 3 is 2.31 bits per heavy atom. The van der Waals surface area contributed by atoms with Gasteiger partial charge in [-0.05, 0) is 45.4 Å². The van der Waals surface area contributed by atoms with Gasteiger partial charge in [-0.25, -0.2) is 8.78 Å². The van der Waals surface area contributed by atoms with Gasteiger partial charge in [0, 0.05) is 0 Å². The van der Waals surface area contributed by atoms with E-state index < -0.39 is 11.6 Å². The summed E-state index contributed by atoms with van der Waals surface area (Å²) >= 11 is 0. The second-order valence-electron chi connectivity index (χ2n) is 4.73. The maximum Gasteiger partial charge on any atom is 0.159 e. The van der Waals surface area contributed by atoms with Crippen LogP contribution in [0.5, 0.6) is 0 Å². The monoisotopic (exact) mass is 229 g/mol. The normalized spacial score (nSPS) is 13.9. The number of hydrogen-bond donors (Lipinski definition) is 1. The van der Waals surface area contributed by atoms with Crippen molar-refractivity contribution in [3.8, 4) is 0 Å².